The number of hydrogen-bond donors (Lipinski definition) is 1. The van der Waals surface area contributed by atoms with Crippen molar-refractivity contribution in [2.45, 2.75) is 76.5 Å². The molecule has 0 radical (unpaired) electrons. The summed E-state index contributed by atoms with van der Waals surface area (Å²) >= 11 is 0. The highest BCUT2D eigenvalue weighted by atomic mass is 28.4. The molecular weight excluding hydrogens is 287 g/mol. The van der Waals surface area contributed by atoms with E-state index in [1.165, 1.54) is 0 Å². The van der Waals surface area contributed by atoms with Gasteiger partial charge in [0.1, 0.15) is 0 Å². The molecule has 1 rings (SSSR count). The molecule has 1 amide bonds. The number of halogens is 3. The lowest BCUT2D eigenvalue weighted by atomic mass is 10.0. The first-order valence-corrected chi connectivity index (χ1v) is 9.13. The minimum atomic E-state index is -4.45. The molecule has 1 saturated heterocycles. The molecule has 0 aromatic heterocycles. The molecule has 1 fully saturated rings. The minimum Gasteiger partial charge on any atom is -0.402 e. The van der Waals surface area contributed by atoms with Crippen LogP contribution in [-0.2, 0) is 9.22 Å². The third-order valence-corrected chi connectivity index (χ3v) is 10.3. The average Bonchev–Trinajstić information content (AvgIpc) is 2.23. The van der Waals surface area contributed by atoms with E-state index >= 15 is 0 Å². The first kappa shape index (κ1) is 17.5. The Morgan fingerprint density at radius 3 is 1.70 bits per heavy atom. The number of alkyl halides is 3. The summed E-state index contributed by atoms with van der Waals surface area (Å²) in [7, 11) is -2.48. The van der Waals surface area contributed by atoms with Crippen LogP contribution >= 0.6 is 0 Å². The first-order chi connectivity index (χ1) is 8.94. The van der Waals surface area contributed by atoms with E-state index in [4.69, 9.17) is 4.43 Å². The fraction of sp³-hybridized carbons (Fsp3) is 0.923. The fourth-order valence-electron chi connectivity index (χ4n) is 3.37. The van der Waals surface area contributed by atoms with Crippen molar-refractivity contribution in [3.63, 3.8) is 0 Å². The Labute approximate surface area is 119 Å². The predicted octanol–water partition coefficient (Wildman–Crippen LogP) is 3.61. The molecular formula is C13H24F3NO2Si. The highest BCUT2D eigenvalue weighted by Crippen LogP contribution is 2.45. The van der Waals surface area contributed by atoms with Crippen molar-refractivity contribution in [1.82, 2.24) is 5.32 Å². The van der Waals surface area contributed by atoms with Gasteiger partial charge in [-0.1, -0.05) is 41.5 Å². The number of amides is 1. The van der Waals surface area contributed by atoms with Gasteiger partial charge < -0.3 is 9.74 Å². The van der Waals surface area contributed by atoms with Gasteiger partial charge in [0, 0.05) is 0 Å². The molecule has 1 aliphatic rings. The lowest BCUT2D eigenvalue weighted by molar-refractivity contribution is -0.202. The van der Waals surface area contributed by atoms with Gasteiger partial charge in [-0.15, -0.1) is 0 Å². The van der Waals surface area contributed by atoms with Gasteiger partial charge in [0.2, 0.25) is 8.32 Å². The van der Waals surface area contributed by atoms with E-state index in [0.29, 0.717) is 0 Å². The van der Waals surface area contributed by atoms with Crippen molar-refractivity contribution in [2.24, 2.45) is 0 Å². The molecule has 1 heterocycles. The summed E-state index contributed by atoms with van der Waals surface area (Å²) in [5.74, 6) is -0.647. The number of carbonyl (C=O) groups excluding carboxylic acids is 1. The van der Waals surface area contributed by atoms with Gasteiger partial charge in [0.25, 0.3) is 5.91 Å². The molecule has 0 unspecified atom stereocenters. The first-order valence-electron chi connectivity index (χ1n) is 6.99. The lowest BCUT2D eigenvalue weighted by Gasteiger charge is -2.48. The van der Waals surface area contributed by atoms with E-state index in [1.807, 2.05) is 46.9 Å². The van der Waals surface area contributed by atoms with Crippen molar-refractivity contribution in [1.29, 1.82) is 0 Å². The van der Waals surface area contributed by atoms with Gasteiger partial charge in [-0.2, -0.15) is 13.2 Å². The minimum absolute atomic E-state index is 0.143. The maximum absolute atomic E-state index is 12.8. The summed E-state index contributed by atoms with van der Waals surface area (Å²) in [5, 5.41) is 1.91. The molecule has 1 N–H and O–H groups in total. The van der Waals surface area contributed by atoms with Gasteiger partial charge in [0.05, 0.1) is 0 Å². The summed E-state index contributed by atoms with van der Waals surface area (Å²) < 4.78 is 44.4. The Kier molecular flexibility index (Phi) is 4.96. The molecule has 0 aromatic carbocycles. The van der Waals surface area contributed by atoms with Gasteiger partial charge >= 0.3 is 6.18 Å². The van der Waals surface area contributed by atoms with E-state index in [1.54, 1.807) is 0 Å². The zero-order valence-corrected chi connectivity index (χ0v) is 13.8. The van der Waals surface area contributed by atoms with Crippen molar-refractivity contribution < 1.29 is 22.4 Å². The number of carbonyl (C=O) groups is 1. The van der Waals surface area contributed by atoms with Crippen molar-refractivity contribution in [3.05, 3.63) is 0 Å². The molecule has 3 nitrogen and oxygen atoms in total. The molecule has 0 saturated carbocycles. The highest BCUT2D eigenvalue weighted by Gasteiger charge is 2.60. The van der Waals surface area contributed by atoms with Crippen molar-refractivity contribution in [2.75, 3.05) is 0 Å². The van der Waals surface area contributed by atoms with Crippen LogP contribution in [0.5, 0.6) is 0 Å². The number of rotatable bonds is 5. The van der Waals surface area contributed by atoms with Gasteiger partial charge in [-0.3, -0.25) is 4.79 Å². The second-order valence-corrected chi connectivity index (χ2v) is 11.8. The highest BCUT2D eigenvalue weighted by molar-refractivity contribution is 6.77. The Hall–Kier alpha value is -0.563. The summed E-state index contributed by atoms with van der Waals surface area (Å²) in [6, 6.07) is -1.86. The Bertz CT molecular complexity index is 347. The second-order valence-electron chi connectivity index (χ2n) is 6.38. The Morgan fingerprint density at radius 1 is 1.05 bits per heavy atom. The van der Waals surface area contributed by atoms with Crippen molar-refractivity contribution in [3.8, 4) is 0 Å². The van der Waals surface area contributed by atoms with E-state index in [9.17, 15) is 18.0 Å². The summed E-state index contributed by atoms with van der Waals surface area (Å²) in [6.07, 6.45) is -5.84. The molecule has 0 spiro atoms. The van der Waals surface area contributed by atoms with Crippen LogP contribution in [0, 0.1) is 0 Å². The Balaban J connectivity index is 3.04. The van der Waals surface area contributed by atoms with E-state index in [0.717, 1.165) is 0 Å². The zero-order valence-electron chi connectivity index (χ0n) is 12.8. The smallest absolute Gasteiger partial charge is 0.402 e. The zero-order chi connectivity index (χ0) is 15.9. The van der Waals surface area contributed by atoms with Crippen LogP contribution in [0.4, 0.5) is 13.2 Å². The van der Waals surface area contributed by atoms with Crippen molar-refractivity contribution >= 4 is 14.2 Å². The molecule has 20 heavy (non-hydrogen) atoms. The van der Waals surface area contributed by atoms with Gasteiger partial charge in [-0.05, 0) is 16.6 Å². The van der Waals surface area contributed by atoms with E-state index in [-0.39, 0.29) is 16.6 Å². The van der Waals surface area contributed by atoms with Crippen LogP contribution < -0.4 is 5.32 Å². The SMILES string of the molecule is CC(C)[Si](O[C@H]1C(=O)N[C@H]1C(F)(F)F)(C(C)C)C(C)C. The fourth-order valence-corrected chi connectivity index (χ4v) is 8.87. The molecule has 0 bridgehead atoms. The molecule has 0 aromatic rings. The topological polar surface area (TPSA) is 38.3 Å². The second kappa shape index (κ2) is 5.67. The van der Waals surface area contributed by atoms with E-state index in [2.05, 4.69) is 0 Å². The van der Waals surface area contributed by atoms with Crippen LogP contribution in [0.25, 0.3) is 0 Å². The standard InChI is InChI=1S/C13H24F3NO2Si/c1-7(2)20(8(3)4,9(5)6)19-10-11(13(14,15)16)17-12(10)18/h7-11H,1-6H3,(H,17,18)/t10-,11-/m1/s1. The maximum atomic E-state index is 12.8. The number of nitrogens with one attached hydrogen (secondary N) is 1. The maximum Gasteiger partial charge on any atom is 0.411 e. The molecule has 118 valence electrons. The van der Waals surface area contributed by atoms with Gasteiger partial charge in [-0.25, -0.2) is 0 Å². The molecule has 1 aliphatic heterocycles. The molecule has 2 atom stereocenters. The normalized spacial score (nSPS) is 24.3. The van der Waals surface area contributed by atoms with Crippen LogP contribution in [0.2, 0.25) is 16.6 Å². The number of β-lactam (4-membered cyclic amide) rings is 1. The quantitative estimate of drug-likeness (QED) is 0.622. The summed E-state index contributed by atoms with van der Waals surface area (Å²) in [5.41, 5.74) is 0.430. The van der Waals surface area contributed by atoms with Crippen LogP contribution in [0.3, 0.4) is 0 Å². The monoisotopic (exact) mass is 311 g/mol. The van der Waals surface area contributed by atoms with Crippen LogP contribution in [0.1, 0.15) is 41.5 Å². The van der Waals surface area contributed by atoms with Crippen LogP contribution in [0.15, 0.2) is 0 Å². The Morgan fingerprint density at radius 2 is 1.45 bits per heavy atom. The summed E-state index contributed by atoms with van der Waals surface area (Å²) in [4.78, 5) is 11.5. The molecule has 0 aliphatic carbocycles. The third-order valence-electron chi connectivity index (χ3n) is 4.25. The predicted molar refractivity (Wildman–Crippen MR) is 73.9 cm³/mol. The van der Waals surface area contributed by atoms with Crippen LogP contribution in [-0.4, -0.2) is 32.5 Å². The largest absolute Gasteiger partial charge is 0.411 e. The van der Waals surface area contributed by atoms with E-state index < -0.39 is 32.5 Å². The average molecular weight is 311 g/mol. The number of hydrogen-bond acceptors (Lipinski definition) is 2. The molecule has 7 heteroatoms. The lowest BCUT2D eigenvalue weighted by Crippen LogP contribution is -2.72. The van der Waals surface area contributed by atoms with Gasteiger partial charge in [0.15, 0.2) is 12.1 Å². The summed E-state index contributed by atoms with van der Waals surface area (Å²) in [6.45, 7) is 11.9. The third kappa shape index (κ3) is 2.88.